The van der Waals surface area contributed by atoms with Gasteiger partial charge in [-0.25, -0.2) is 4.39 Å². The maximum atomic E-state index is 13.6. The van der Waals surface area contributed by atoms with E-state index in [9.17, 15) is 4.39 Å². The third kappa shape index (κ3) is 2.61. The van der Waals surface area contributed by atoms with Crippen molar-refractivity contribution in [2.24, 2.45) is 5.73 Å². The van der Waals surface area contributed by atoms with Crippen LogP contribution in [-0.4, -0.2) is 23.5 Å². The molecular formula is C17H27FN2. The summed E-state index contributed by atoms with van der Waals surface area (Å²) in [6.07, 6.45) is 4.49. The van der Waals surface area contributed by atoms with Gasteiger partial charge in [-0.3, -0.25) is 4.90 Å². The lowest BCUT2D eigenvalue weighted by Crippen LogP contribution is -2.54. The van der Waals surface area contributed by atoms with Gasteiger partial charge in [0.2, 0.25) is 0 Å². The standard InChI is InChI=1S/C17H27FN2/c1-4-17(5-2,20-10-6-7-11-20)16(19)15-12-14(18)9-8-13(15)3/h8-9,12,16H,4-7,10-11,19H2,1-3H3. The monoisotopic (exact) mass is 278 g/mol. The highest BCUT2D eigenvalue weighted by Gasteiger charge is 2.41. The molecule has 1 aromatic rings. The Hall–Kier alpha value is -0.930. The van der Waals surface area contributed by atoms with Crippen molar-refractivity contribution in [3.8, 4) is 0 Å². The van der Waals surface area contributed by atoms with Crippen LogP contribution in [0.4, 0.5) is 4.39 Å². The van der Waals surface area contributed by atoms with E-state index < -0.39 is 0 Å². The summed E-state index contributed by atoms with van der Waals surface area (Å²) in [4.78, 5) is 2.53. The van der Waals surface area contributed by atoms with Crippen LogP contribution in [0.5, 0.6) is 0 Å². The molecule has 1 aliphatic heterocycles. The lowest BCUT2D eigenvalue weighted by molar-refractivity contribution is 0.0763. The van der Waals surface area contributed by atoms with E-state index in [4.69, 9.17) is 5.73 Å². The fourth-order valence-corrected chi connectivity index (χ4v) is 3.73. The minimum atomic E-state index is -0.191. The zero-order valence-electron chi connectivity index (χ0n) is 13.0. The zero-order chi connectivity index (χ0) is 14.8. The summed E-state index contributed by atoms with van der Waals surface area (Å²) >= 11 is 0. The molecule has 20 heavy (non-hydrogen) atoms. The van der Waals surface area contributed by atoms with Gasteiger partial charge in [0.1, 0.15) is 5.82 Å². The van der Waals surface area contributed by atoms with Gasteiger partial charge in [0.15, 0.2) is 0 Å². The van der Waals surface area contributed by atoms with Gasteiger partial charge < -0.3 is 5.73 Å². The fraction of sp³-hybridized carbons (Fsp3) is 0.647. The highest BCUT2D eigenvalue weighted by Crippen LogP contribution is 2.39. The first-order valence-corrected chi connectivity index (χ1v) is 7.82. The number of hydrogen-bond donors (Lipinski definition) is 1. The number of nitrogens with two attached hydrogens (primary N) is 1. The van der Waals surface area contributed by atoms with Crippen molar-refractivity contribution in [1.82, 2.24) is 4.90 Å². The van der Waals surface area contributed by atoms with Crippen LogP contribution in [0.15, 0.2) is 18.2 Å². The van der Waals surface area contributed by atoms with Crippen LogP contribution in [0.25, 0.3) is 0 Å². The Morgan fingerprint density at radius 3 is 2.40 bits per heavy atom. The van der Waals surface area contributed by atoms with E-state index in [0.717, 1.165) is 37.1 Å². The van der Waals surface area contributed by atoms with E-state index in [-0.39, 0.29) is 17.4 Å². The SMILES string of the molecule is CCC(CC)(C(N)c1cc(F)ccc1C)N1CCCC1. The lowest BCUT2D eigenvalue weighted by Gasteiger charge is -2.46. The Morgan fingerprint density at radius 2 is 1.85 bits per heavy atom. The molecule has 0 amide bonds. The third-order valence-corrected chi connectivity index (χ3v) is 5.12. The van der Waals surface area contributed by atoms with Crippen molar-refractivity contribution >= 4 is 0 Å². The average Bonchev–Trinajstić information content (AvgIpc) is 2.98. The molecule has 1 atom stereocenters. The molecule has 2 N–H and O–H groups in total. The van der Waals surface area contributed by atoms with Crippen LogP contribution in [0.3, 0.4) is 0 Å². The van der Waals surface area contributed by atoms with Crippen molar-refractivity contribution in [3.63, 3.8) is 0 Å². The summed E-state index contributed by atoms with van der Waals surface area (Å²) < 4.78 is 13.6. The van der Waals surface area contributed by atoms with E-state index in [1.165, 1.54) is 18.9 Å². The molecule has 0 spiro atoms. The summed E-state index contributed by atoms with van der Waals surface area (Å²) in [7, 11) is 0. The van der Waals surface area contributed by atoms with E-state index in [2.05, 4.69) is 18.7 Å². The van der Waals surface area contributed by atoms with Gasteiger partial charge in [0.05, 0.1) is 0 Å². The fourth-order valence-electron chi connectivity index (χ4n) is 3.73. The van der Waals surface area contributed by atoms with Gasteiger partial charge >= 0.3 is 0 Å². The molecule has 1 aliphatic rings. The topological polar surface area (TPSA) is 29.3 Å². The molecule has 2 nitrogen and oxygen atoms in total. The second-order valence-corrected chi connectivity index (χ2v) is 5.98. The Balaban J connectivity index is 2.39. The van der Waals surface area contributed by atoms with Crippen LogP contribution >= 0.6 is 0 Å². The quantitative estimate of drug-likeness (QED) is 0.888. The minimum Gasteiger partial charge on any atom is -0.322 e. The van der Waals surface area contributed by atoms with Crippen molar-refractivity contribution < 1.29 is 4.39 Å². The van der Waals surface area contributed by atoms with Crippen molar-refractivity contribution in [1.29, 1.82) is 0 Å². The second kappa shape index (κ2) is 6.23. The largest absolute Gasteiger partial charge is 0.322 e. The predicted octanol–water partition coefficient (Wildman–Crippen LogP) is 3.79. The van der Waals surface area contributed by atoms with Gasteiger partial charge in [0.25, 0.3) is 0 Å². The summed E-state index contributed by atoms with van der Waals surface area (Å²) in [5.74, 6) is -0.191. The highest BCUT2D eigenvalue weighted by molar-refractivity contribution is 5.32. The van der Waals surface area contributed by atoms with Gasteiger partial charge in [-0.1, -0.05) is 19.9 Å². The minimum absolute atomic E-state index is 0.0466. The van der Waals surface area contributed by atoms with Crippen molar-refractivity contribution in [3.05, 3.63) is 35.1 Å². The third-order valence-electron chi connectivity index (χ3n) is 5.12. The number of halogens is 1. The number of nitrogens with zero attached hydrogens (tertiary/aromatic N) is 1. The first-order chi connectivity index (χ1) is 9.55. The molecule has 0 bridgehead atoms. The Morgan fingerprint density at radius 1 is 1.25 bits per heavy atom. The lowest BCUT2D eigenvalue weighted by atomic mass is 9.78. The number of rotatable bonds is 5. The molecular weight excluding hydrogens is 251 g/mol. The molecule has 3 heteroatoms. The molecule has 1 saturated heterocycles. The molecule has 0 saturated carbocycles. The van der Waals surface area contributed by atoms with Crippen molar-refractivity contribution in [2.45, 2.75) is 58.0 Å². The van der Waals surface area contributed by atoms with E-state index in [0.29, 0.717) is 0 Å². The summed E-state index contributed by atoms with van der Waals surface area (Å²) in [5.41, 5.74) is 8.64. The molecule has 2 rings (SSSR count). The normalized spacial score (nSPS) is 18.4. The van der Waals surface area contributed by atoms with Crippen LogP contribution in [-0.2, 0) is 0 Å². The zero-order valence-corrected chi connectivity index (χ0v) is 13.0. The molecule has 1 unspecified atom stereocenters. The van der Waals surface area contributed by atoms with Gasteiger partial charge in [-0.05, 0) is 69.0 Å². The Bertz CT molecular complexity index is 448. The number of likely N-dealkylation sites (tertiary alicyclic amines) is 1. The molecule has 1 fully saturated rings. The maximum absolute atomic E-state index is 13.6. The van der Waals surface area contributed by atoms with Gasteiger partial charge in [-0.2, -0.15) is 0 Å². The van der Waals surface area contributed by atoms with Crippen LogP contribution in [0, 0.1) is 12.7 Å². The van der Waals surface area contributed by atoms with Gasteiger partial charge in [-0.15, -0.1) is 0 Å². The molecule has 0 aliphatic carbocycles. The van der Waals surface area contributed by atoms with Crippen LogP contribution in [0.2, 0.25) is 0 Å². The van der Waals surface area contributed by atoms with Gasteiger partial charge in [0, 0.05) is 11.6 Å². The maximum Gasteiger partial charge on any atom is 0.123 e. The highest BCUT2D eigenvalue weighted by atomic mass is 19.1. The van der Waals surface area contributed by atoms with E-state index >= 15 is 0 Å². The smallest absolute Gasteiger partial charge is 0.123 e. The summed E-state index contributed by atoms with van der Waals surface area (Å²) in [6.45, 7) is 8.66. The molecule has 1 aromatic carbocycles. The average molecular weight is 278 g/mol. The molecule has 112 valence electrons. The van der Waals surface area contributed by atoms with Crippen molar-refractivity contribution in [2.75, 3.05) is 13.1 Å². The first-order valence-electron chi connectivity index (χ1n) is 7.82. The van der Waals surface area contributed by atoms with E-state index in [1.54, 1.807) is 6.07 Å². The summed E-state index contributed by atoms with van der Waals surface area (Å²) in [5, 5.41) is 0. The van der Waals surface area contributed by atoms with Crippen LogP contribution < -0.4 is 5.73 Å². The second-order valence-electron chi connectivity index (χ2n) is 5.98. The Kier molecular flexibility index (Phi) is 4.82. The molecule has 0 aromatic heterocycles. The number of hydrogen-bond acceptors (Lipinski definition) is 2. The first kappa shape index (κ1) is 15.5. The molecule has 1 heterocycles. The predicted molar refractivity (Wildman–Crippen MR) is 82.2 cm³/mol. The van der Waals surface area contributed by atoms with E-state index in [1.807, 2.05) is 13.0 Å². The molecule has 0 radical (unpaired) electrons. The van der Waals surface area contributed by atoms with Crippen LogP contribution in [0.1, 0.15) is 56.7 Å². The summed E-state index contributed by atoms with van der Waals surface area (Å²) in [6, 6.07) is 4.84. The number of benzene rings is 1. The Labute approximate surface area is 122 Å². The number of aryl methyl sites for hydroxylation is 1.